The van der Waals surface area contributed by atoms with Crippen LogP contribution in [0, 0.1) is 11.3 Å². The summed E-state index contributed by atoms with van der Waals surface area (Å²) in [6, 6.07) is 2.58. The predicted molar refractivity (Wildman–Crippen MR) is 116 cm³/mol. The zero-order chi connectivity index (χ0) is 23.4. The Morgan fingerprint density at radius 2 is 2.00 bits per heavy atom. The van der Waals surface area contributed by atoms with Crippen LogP contribution < -0.4 is 15.8 Å². The lowest BCUT2D eigenvalue weighted by Crippen LogP contribution is -2.41. The van der Waals surface area contributed by atoms with Crippen LogP contribution in [0.5, 0.6) is 0 Å². The van der Waals surface area contributed by atoms with E-state index in [-0.39, 0.29) is 17.5 Å². The molecule has 2 N–H and O–H groups in total. The van der Waals surface area contributed by atoms with E-state index in [1.807, 2.05) is 6.07 Å². The molecule has 1 saturated heterocycles. The monoisotopic (exact) mass is 460 g/mol. The molecule has 33 heavy (non-hydrogen) atoms. The van der Waals surface area contributed by atoms with Crippen LogP contribution >= 0.6 is 0 Å². The number of pyridine rings is 1. The number of aryl methyl sites for hydroxylation is 1. The maximum atomic E-state index is 13.2. The van der Waals surface area contributed by atoms with E-state index in [4.69, 9.17) is 0 Å². The standard InChI is InChI=1S/C22H23F3N6O2/c1-30-12-14(22(23,24)25)10-16(19(30)32)29-20(33)21(5-6-21)13-3-8-31(9-4-13)17-11-27-18-15(28-17)2-7-26-18/h2,7,10-13H,3-6,8-9H2,1H3,(H,26,27)(H,29,33). The van der Waals surface area contributed by atoms with Crippen molar-refractivity contribution in [2.75, 3.05) is 23.3 Å². The molecule has 3 aromatic heterocycles. The highest BCUT2D eigenvalue weighted by atomic mass is 19.4. The van der Waals surface area contributed by atoms with Crippen molar-refractivity contribution < 1.29 is 18.0 Å². The highest BCUT2D eigenvalue weighted by Crippen LogP contribution is 2.56. The molecule has 3 aromatic rings. The first kappa shape index (κ1) is 21.5. The summed E-state index contributed by atoms with van der Waals surface area (Å²) in [6.45, 7) is 1.41. The number of hydrogen-bond donors (Lipinski definition) is 2. The van der Waals surface area contributed by atoms with E-state index in [1.54, 1.807) is 12.4 Å². The molecule has 11 heteroatoms. The normalized spacial score (nSPS) is 18.5. The number of hydrogen-bond acceptors (Lipinski definition) is 5. The van der Waals surface area contributed by atoms with E-state index >= 15 is 0 Å². The second-order valence-corrected chi connectivity index (χ2v) is 8.87. The average Bonchev–Trinajstić information content (AvgIpc) is 3.47. The fourth-order valence-corrected chi connectivity index (χ4v) is 4.79. The minimum absolute atomic E-state index is 0.0901. The zero-order valence-electron chi connectivity index (χ0n) is 17.9. The number of H-pyrrole nitrogens is 1. The van der Waals surface area contributed by atoms with Gasteiger partial charge < -0.3 is 19.8 Å². The van der Waals surface area contributed by atoms with Gasteiger partial charge >= 0.3 is 6.18 Å². The number of nitrogens with zero attached hydrogens (tertiary/aromatic N) is 4. The highest BCUT2D eigenvalue weighted by Gasteiger charge is 2.55. The van der Waals surface area contributed by atoms with Crippen molar-refractivity contribution >= 4 is 28.6 Å². The summed E-state index contributed by atoms with van der Waals surface area (Å²) in [7, 11) is 1.24. The van der Waals surface area contributed by atoms with Crippen LogP contribution in [0.3, 0.4) is 0 Å². The van der Waals surface area contributed by atoms with Gasteiger partial charge in [-0.3, -0.25) is 9.59 Å². The third-order valence-corrected chi connectivity index (χ3v) is 6.85. The predicted octanol–water partition coefficient (Wildman–Crippen LogP) is 3.31. The van der Waals surface area contributed by atoms with Gasteiger partial charge in [0.2, 0.25) is 5.91 Å². The molecule has 0 bridgehead atoms. The van der Waals surface area contributed by atoms with E-state index in [0.717, 1.165) is 46.7 Å². The zero-order valence-corrected chi connectivity index (χ0v) is 17.9. The molecule has 0 unspecified atom stereocenters. The van der Waals surface area contributed by atoms with Gasteiger partial charge in [-0.2, -0.15) is 13.2 Å². The average molecular weight is 460 g/mol. The van der Waals surface area contributed by atoms with Gasteiger partial charge in [-0.15, -0.1) is 0 Å². The molecule has 8 nitrogen and oxygen atoms in total. The van der Waals surface area contributed by atoms with E-state index in [0.29, 0.717) is 25.9 Å². The molecule has 0 spiro atoms. The number of alkyl halides is 3. The molecule has 1 amide bonds. The number of carbonyl (C=O) groups excluding carboxylic acids is 1. The second kappa shape index (κ2) is 7.60. The van der Waals surface area contributed by atoms with Crippen LogP contribution in [0.1, 0.15) is 31.2 Å². The molecule has 5 rings (SSSR count). The Morgan fingerprint density at radius 3 is 2.67 bits per heavy atom. The van der Waals surface area contributed by atoms with Crippen molar-refractivity contribution in [2.45, 2.75) is 31.9 Å². The number of anilines is 2. The smallest absolute Gasteiger partial charge is 0.355 e. The number of aromatic amines is 1. The van der Waals surface area contributed by atoms with Crippen LogP contribution in [-0.2, 0) is 18.0 Å². The van der Waals surface area contributed by atoms with Crippen LogP contribution in [0.2, 0.25) is 0 Å². The van der Waals surface area contributed by atoms with Gasteiger partial charge in [0.15, 0.2) is 5.65 Å². The molecule has 1 saturated carbocycles. The van der Waals surface area contributed by atoms with Gasteiger partial charge in [-0.25, -0.2) is 9.97 Å². The third-order valence-electron chi connectivity index (χ3n) is 6.85. The lowest BCUT2D eigenvalue weighted by molar-refractivity contribution is -0.138. The number of halogens is 3. The summed E-state index contributed by atoms with van der Waals surface area (Å²) in [6.07, 6.45) is 2.46. The lowest BCUT2D eigenvalue weighted by Gasteiger charge is -2.36. The first-order valence-corrected chi connectivity index (χ1v) is 10.8. The molecule has 0 aromatic carbocycles. The van der Waals surface area contributed by atoms with Gasteiger partial charge in [0.05, 0.1) is 17.2 Å². The Hall–Kier alpha value is -3.37. The lowest BCUT2D eigenvalue weighted by atomic mass is 9.80. The van der Waals surface area contributed by atoms with E-state index < -0.39 is 22.7 Å². The van der Waals surface area contributed by atoms with Gasteiger partial charge in [0, 0.05) is 32.5 Å². The fraction of sp³-hybridized carbons (Fsp3) is 0.455. The minimum atomic E-state index is -4.61. The minimum Gasteiger partial charge on any atom is -0.355 e. The van der Waals surface area contributed by atoms with E-state index in [1.165, 1.54) is 7.05 Å². The number of aromatic nitrogens is 4. The number of rotatable bonds is 4. The Bertz CT molecular complexity index is 1270. The molecular weight excluding hydrogens is 437 g/mol. The molecule has 2 fully saturated rings. The number of fused-ring (bicyclic) bond motifs is 1. The van der Waals surface area contributed by atoms with Gasteiger partial charge in [0.1, 0.15) is 17.0 Å². The quantitative estimate of drug-likeness (QED) is 0.623. The number of amides is 1. The SMILES string of the molecule is Cn1cc(C(F)(F)F)cc(NC(=O)C2(C3CCN(c4cnc5[nH]ccc5n4)CC3)CC2)c1=O. The number of nitrogens with one attached hydrogen (secondary N) is 2. The number of carbonyl (C=O) groups is 1. The second-order valence-electron chi connectivity index (χ2n) is 8.87. The summed E-state index contributed by atoms with van der Waals surface area (Å²) < 4.78 is 40.3. The van der Waals surface area contributed by atoms with Gasteiger partial charge in [-0.05, 0) is 43.7 Å². The Morgan fingerprint density at radius 1 is 1.27 bits per heavy atom. The molecule has 4 heterocycles. The van der Waals surface area contributed by atoms with E-state index in [9.17, 15) is 22.8 Å². The summed E-state index contributed by atoms with van der Waals surface area (Å²) in [5.41, 5.74) is -1.10. The molecule has 174 valence electrons. The summed E-state index contributed by atoms with van der Waals surface area (Å²) in [5, 5.41) is 2.51. The summed E-state index contributed by atoms with van der Waals surface area (Å²) >= 11 is 0. The maximum Gasteiger partial charge on any atom is 0.417 e. The van der Waals surface area contributed by atoms with Gasteiger partial charge in [0.25, 0.3) is 5.56 Å². The van der Waals surface area contributed by atoms with Crippen LogP contribution in [-0.4, -0.2) is 38.5 Å². The summed E-state index contributed by atoms with van der Waals surface area (Å²) in [5.74, 6) is 0.501. The van der Waals surface area contributed by atoms with Crippen molar-refractivity contribution in [3.8, 4) is 0 Å². The fourth-order valence-electron chi connectivity index (χ4n) is 4.79. The van der Waals surface area contributed by atoms with Crippen molar-refractivity contribution in [2.24, 2.45) is 18.4 Å². The molecule has 2 aliphatic rings. The first-order valence-electron chi connectivity index (χ1n) is 10.8. The molecule has 0 atom stereocenters. The van der Waals surface area contributed by atoms with Crippen molar-refractivity contribution in [1.29, 1.82) is 0 Å². The molecule has 1 aliphatic heterocycles. The molecule has 1 aliphatic carbocycles. The van der Waals surface area contributed by atoms with Crippen molar-refractivity contribution in [3.05, 3.63) is 46.6 Å². The Balaban J connectivity index is 1.29. The molecular formula is C22H23F3N6O2. The third kappa shape index (κ3) is 3.85. The first-order chi connectivity index (χ1) is 15.7. The number of piperidine rings is 1. The largest absolute Gasteiger partial charge is 0.417 e. The summed E-state index contributed by atoms with van der Waals surface area (Å²) in [4.78, 5) is 39.6. The maximum absolute atomic E-state index is 13.2. The van der Waals surface area contributed by atoms with E-state index in [2.05, 4.69) is 25.2 Å². The van der Waals surface area contributed by atoms with Crippen LogP contribution in [0.25, 0.3) is 11.2 Å². The van der Waals surface area contributed by atoms with Crippen molar-refractivity contribution in [1.82, 2.24) is 19.5 Å². The van der Waals surface area contributed by atoms with Gasteiger partial charge in [-0.1, -0.05) is 0 Å². The van der Waals surface area contributed by atoms with Crippen molar-refractivity contribution in [3.63, 3.8) is 0 Å². The topological polar surface area (TPSA) is 95.9 Å². The molecule has 0 radical (unpaired) electrons. The Labute approximate surface area is 186 Å². The highest BCUT2D eigenvalue weighted by molar-refractivity contribution is 5.97. The Kier molecular flexibility index (Phi) is 4.95. The van der Waals surface area contributed by atoms with Crippen LogP contribution in [0.4, 0.5) is 24.7 Å². The van der Waals surface area contributed by atoms with Crippen LogP contribution in [0.15, 0.2) is 35.5 Å².